The number of fused-ring (bicyclic) bond motifs is 1. The number of hydrogen-bond acceptors (Lipinski definition) is 5. The minimum absolute atomic E-state index is 0.0926. The molecule has 1 unspecified atom stereocenters. The lowest BCUT2D eigenvalue weighted by Crippen LogP contribution is -2.52. The molecule has 1 N–H and O–H groups in total. The van der Waals surface area contributed by atoms with Crippen LogP contribution >= 0.6 is 11.8 Å². The van der Waals surface area contributed by atoms with E-state index in [2.05, 4.69) is 16.3 Å². The van der Waals surface area contributed by atoms with Crippen LogP contribution in [0.15, 0.2) is 23.1 Å². The Morgan fingerprint density at radius 2 is 1.77 bits per heavy atom. The van der Waals surface area contributed by atoms with Gasteiger partial charge in [0.2, 0.25) is 11.8 Å². The molecule has 2 saturated heterocycles. The van der Waals surface area contributed by atoms with E-state index in [0.717, 1.165) is 16.2 Å². The molecule has 3 amide bonds. The second kappa shape index (κ2) is 10.6. The van der Waals surface area contributed by atoms with Gasteiger partial charge in [-0.25, -0.2) is 0 Å². The van der Waals surface area contributed by atoms with E-state index in [1.165, 1.54) is 64.6 Å². The van der Waals surface area contributed by atoms with Crippen molar-refractivity contribution in [2.24, 2.45) is 0 Å². The summed E-state index contributed by atoms with van der Waals surface area (Å²) in [5.74, 6) is 0.355. The molecule has 2 fully saturated rings. The molecule has 1 atom stereocenters. The SMILES string of the molecule is O=C1CCC(N2Cc3c(SCCCCCCCN4CCCC4)cccc3C2=O)C(=O)N1. The molecule has 0 aromatic heterocycles. The minimum atomic E-state index is -0.545. The first-order chi connectivity index (χ1) is 15.1. The predicted molar refractivity (Wildman–Crippen MR) is 122 cm³/mol. The summed E-state index contributed by atoms with van der Waals surface area (Å²) in [6.45, 7) is 4.31. The number of rotatable bonds is 10. The van der Waals surface area contributed by atoms with Crippen molar-refractivity contribution < 1.29 is 14.4 Å². The van der Waals surface area contributed by atoms with Gasteiger partial charge in [-0.15, -0.1) is 11.8 Å². The number of unbranched alkanes of at least 4 members (excludes halogenated alkanes) is 4. The van der Waals surface area contributed by atoms with Gasteiger partial charge in [0, 0.05) is 23.4 Å². The molecule has 3 heterocycles. The fraction of sp³-hybridized carbons (Fsp3) is 0.625. The Balaban J connectivity index is 1.21. The number of imide groups is 1. The molecule has 7 heteroatoms. The summed E-state index contributed by atoms with van der Waals surface area (Å²) in [6.07, 6.45) is 9.81. The Morgan fingerprint density at radius 3 is 2.58 bits per heavy atom. The zero-order valence-electron chi connectivity index (χ0n) is 18.2. The number of benzene rings is 1. The second-order valence-corrected chi connectivity index (χ2v) is 9.98. The molecule has 1 aromatic carbocycles. The fourth-order valence-electron chi connectivity index (χ4n) is 4.85. The van der Waals surface area contributed by atoms with Gasteiger partial charge in [0.15, 0.2) is 0 Å². The second-order valence-electron chi connectivity index (χ2n) is 8.85. The summed E-state index contributed by atoms with van der Waals surface area (Å²) in [4.78, 5) is 41.9. The molecular formula is C24H33N3O3S. The quantitative estimate of drug-likeness (QED) is 0.340. The maximum atomic E-state index is 12.9. The molecule has 0 aliphatic carbocycles. The Kier molecular flexibility index (Phi) is 7.67. The number of carbonyl (C=O) groups is 3. The number of likely N-dealkylation sites (tertiary alicyclic amines) is 1. The van der Waals surface area contributed by atoms with E-state index in [4.69, 9.17) is 0 Å². The molecule has 3 aliphatic heterocycles. The maximum Gasteiger partial charge on any atom is 0.255 e. The molecule has 4 rings (SSSR count). The van der Waals surface area contributed by atoms with E-state index in [1.54, 1.807) is 4.90 Å². The highest BCUT2D eigenvalue weighted by Gasteiger charge is 2.39. The lowest BCUT2D eigenvalue weighted by Gasteiger charge is -2.29. The lowest BCUT2D eigenvalue weighted by atomic mass is 10.0. The van der Waals surface area contributed by atoms with Gasteiger partial charge in [-0.2, -0.15) is 0 Å². The number of thioether (sulfide) groups is 1. The maximum absolute atomic E-state index is 12.9. The van der Waals surface area contributed by atoms with Crippen LogP contribution in [0.25, 0.3) is 0 Å². The van der Waals surface area contributed by atoms with Crippen molar-refractivity contribution in [3.63, 3.8) is 0 Å². The van der Waals surface area contributed by atoms with Crippen molar-refractivity contribution in [2.75, 3.05) is 25.4 Å². The highest BCUT2D eigenvalue weighted by atomic mass is 32.2. The number of piperidine rings is 1. The molecule has 0 radical (unpaired) electrons. The van der Waals surface area contributed by atoms with Crippen molar-refractivity contribution in [1.29, 1.82) is 0 Å². The van der Waals surface area contributed by atoms with Gasteiger partial charge in [-0.3, -0.25) is 19.7 Å². The molecule has 0 bridgehead atoms. The van der Waals surface area contributed by atoms with Gasteiger partial charge in [-0.1, -0.05) is 25.3 Å². The number of carbonyl (C=O) groups excluding carboxylic acids is 3. The highest BCUT2D eigenvalue weighted by molar-refractivity contribution is 7.99. The van der Waals surface area contributed by atoms with Gasteiger partial charge in [0.05, 0.1) is 0 Å². The number of amides is 3. The van der Waals surface area contributed by atoms with Crippen LogP contribution in [-0.4, -0.2) is 59.0 Å². The van der Waals surface area contributed by atoms with Crippen LogP contribution in [0.4, 0.5) is 0 Å². The Hall–Kier alpha value is -1.86. The number of nitrogens with one attached hydrogen (secondary N) is 1. The summed E-state index contributed by atoms with van der Waals surface area (Å²) < 4.78 is 0. The summed E-state index contributed by atoms with van der Waals surface area (Å²) in [7, 11) is 0. The molecule has 0 saturated carbocycles. The number of nitrogens with zero attached hydrogens (tertiary/aromatic N) is 2. The summed E-state index contributed by atoms with van der Waals surface area (Å²) in [5, 5.41) is 2.37. The van der Waals surface area contributed by atoms with Crippen LogP contribution in [0, 0.1) is 0 Å². The first-order valence-corrected chi connectivity index (χ1v) is 12.7. The highest BCUT2D eigenvalue weighted by Crippen LogP contribution is 2.34. The van der Waals surface area contributed by atoms with Crippen molar-refractivity contribution >= 4 is 29.5 Å². The predicted octanol–water partition coefficient (Wildman–Crippen LogP) is 3.59. The standard InChI is InChI=1S/C24H33N3O3S/c28-22-12-11-20(23(29)25-22)27-17-19-18(24(27)30)9-8-10-21(19)31-16-7-3-1-2-4-13-26-14-5-6-15-26/h8-10,20H,1-7,11-17H2,(H,25,28,29). The van der Waals surface area contributed by atoms with Crippen LogP contribution in [-0.2, 0) is 16.1 Å². The largest absolute Gasteiger partial charge is 0.322 e. The molecule has 1 aromatic rings. The van der Waals surface area contributed by atoms with Gasteiger partial charge < -0.3 is 9.80 Å². The first-order valence-electron chi connectivity index (χ1n) is 11.7. The van der Waals surface area contributed by atoms with Crippen LogP contribution in [0.5, 0.6) is 0 Å². The molecule has 168 valence electrons. The third-order valence-electron chi connectivity index (χ3n) is 6.61. The average Bonchev–Trinajstić information content (AvgIpc) is 3.39. The van der Waals surface area contributed by atoms with Crippen LogP contribution in [0.2, 0.25) is 0 Å². The lowest BCUT2D eigenvalue weighted by molar-refractivity contribution is -0.136. The van der Waals surface area contributed by atoms with Crippen molar-refractivity contribution in [3.8, 4) is 0 Å². The van der Waals surface area contributed by atoms with E-state index in [-0.39, 0.29) is 24.1 Å². The topological polar surface area (TPSA) is 69.7 Å². The third-order valence-corrected chi connectivity index (χ3v) is 7.80. The van der Waals surface area contributed by atoms with Gasteiger partial charge >= 0.3 is 0 Å². The van der Waals surface area contributed by atoms with E-state index < -0.39 is 6.04 Å². The minimum Gasteiger partial charge on any atom is -0.322 e. The van der Waals surface area contributed by atoms with Gasteiger partial charge in [0.25, 0.3) is 5.91 Å². The Bertz CT molecular complexity index is 822. The zero-order valence-corrected chi connectivity index (χ0v) is 19.1. The Labute approximate surface area is 189 Å². The van der Waals surface area contributed by atoms with Crippen LogP contribution in [0.3, 0.4) is 0 Å². The zero-order chi connectivity index (χ0) is 21.6. The first kappa shape index (κ1) is 22.3. The molecule has 6 nitrogen and oxygen atoms in total. The van der Waals surface area contributed by atoms with Crippen molar-refractivity contribution in [1.82, 2.24) is 15.1 Å². The van der Waals surface area contributed by atoms with E-state index in [1.807, 2.05) is 23.9 Å². The van der Waals surface area contributed by atoms with Gasteiger partial charge in [-0.05, 0) is 75.2 Å². The summed E-state index contributed by atoms with van der Waals surface area (Å²) >= 11 is 1.82. The molecule has 3 aliphatic rings. The fourth-order valence-corrected chi connectivity index (χ4v) is 5.94. The summed E-state index contributed by atoms with van der Waals surface area (Å²) in [6, 6.07) is 5.33. The van der Waals surface area contributed by atoms with Gasteiger partial charge in [0.1, 0.15) is 6.04 Å². The van der Waals surface area contributed by atoms with E-state index in [0.29, 0.717) is 18.5 Å². The van der Waals surface area contributed by atoms with E-state index in [9.17, 15) is 14.4 Å². The monoisotopic (exact) mass is 443 g/mol. The summed E-state index contributed by atoms with van der Waals surface area (Å²) in [5.41, 5.74) is 1.74. The van der Waals surface area contributed by atoms with Crippen LogP contribution < -0.4 is 5.32 Å². The smallest absolute Gasteiger partial charge is 0.255 e. The van der Waals surface area contributed by atoms with Crippen molar-refractivity contribution in [3.05, 3.63) is 29.3 Å². The number of hydrogen-bond donors (Lipinski definition) is 1. The molecule has 0 spiro atoms. The molecule has 31 heavy (non-hydrogen) atoms. The average molecular weight is 444 g/mol. The van der Waals surface area contributed by atoms with Crippen LogP contribution in [0.1, 0.15) is 73.7 Å². The normalized spacial score (nSPS) is 21.6. The van der Waals surface area contributed by atoms with Crippen molar-refractivity contribution in [2.45, 2.75) is 75.3 Å². The third kappa shape index (κ3) is 5.50. The molecular weight excluding hydrogens is 410 g/mol. The Morgan fingerprint density at radius 1 is 1.00 bits per heavy atom. The van der Waals surface area contributed by atoms with E-state index >= 15 is 0 Å².